The standard InChI is InChI=1S/C19H18ClN3O4S3/c1-27-12-4-6-13(7-5-12)30(25,26)23-10-2-3-15(23)18(24)22-19-21-14(11-28-19)16-8-9-17(20)29-16/h4-9,11,15H,2-3,10H2,1H3,(H,21,22,24). The Morgan fingerprint density at radius 1 is 1.27 bits per heavy atom. The van der Waals surface area contributed by atoms with Crippen molar-refractivity contribution in [1.82, 2.24) is 9.29 Å². The van der Waals surface area contributed by atoms with Gasteiger partial charge in [-0.05, 0) is 49.2 Å². The van der Waals surface area contributed by atoms with Crippen LogP contribution < -0.4 is 10.1 Å². The molecule has 1 aromatic carbocycles. The van der Waals surface area contributed by atoms with Gasteiger partial charge in [0.2, 0.25) is 15.9 Å². The summed E-state index contributed by atoms with van der Waals surface area (Å²) < 4.78 is 33.2. The van der Waals surface area contributed by atoms with Crippen molar-refractivity contribution in [2.75, 3.05) is 19.0 Å². The number of aromatic nitrogens is 1. The number of anilines is 1. The molecular formula is C19H18ClN3O4S3. The highest BCUT2D eigenvalue weighted by Gasteiger charge is 2.39. The lowest BCUT2D eigenvalue weighted by atomic mass is 10.2. The molecule has 3 heterocycles. The Balaban J connectivity index is 1.50. The molecular weight excluding hydrogens is 466 g/mol. The van der Waals surface area contributed by atoms with Crippen molar-refractivity contribution in [2.45, 2.75) is 23.8 Å². The number of amides is 1. The number of rotatable bonds is 6. The summed E-state index contributed by atoms with van der Waals surface area (Å²) in [6.07, 6.45) is 1.07. The molecule has 1 aliphatic heterocycles. The van der Waals surface area contributed by atoms with Crippen molar-refractivity contribution >= 4 is 55.3 Å². The van der Waals surface area contributed by atoms with E-state index in [9.17, 15) is 13.2 Å². The smallest absolute Gasteiger partial charge is 0.244 e. The number of hydrogen-bond donors (Lipinski definition) is 1. The Bertz CT molecular complexity index is 1160. The van der Waals surface area contributed by atoms with Gasteiger partial charge in [-0.3, -0.25) is 4.79 Å². The first-order valence-corrected chi connectivity index (χ1v) is 12.6. The normalized spacial score (nSPS) is 17.2. The number of benzene rings is 1. The topological polar surface area (TPSA) is 88.6 Å². The maximum Gasteiger partial charge on any atom is 0.244 e. The van der Waals surface area contributed by atoms with Crippen molar-refractivity contribution < 1.29 is 17.9 Å². The molecule has 3 aromatic rings. The van der Waals surface area contributed by atoms with E-state index in [-0.39, 0.29) is 10.8 Å². The van der Waals surface area contributed by atoms with E-state index < -0.39 is 16.1 Å². The van der Waals surface area contributed by atoms with Crippen LogP contribution in [0, 0.1) is 0 Å². The maximum absolute atomic E-state index is 13.1. The molecule has 30 heavy (non-hydrogen) atoms. The fraction of sp³-hybridized carbons (Fsp3) is 0.263. The lowest BCUT2D eigenvalue weighted by molar-refractivity contribution is -0.119. The molecule has 11 heteroatoms. The van der Waals surface area contributed by atoms with Gasteiger partial charge in [-0.2, -0.15) is 4.31 Å². The van der Waals surface area contributed by atoms with Crippen molar-refractivity contribution in [2.24, 2.45) is 0 Å². The van der Waals surface area contributed by atoms with E-state index in [0.29, 0.717) is 34.6 Å². The van der Waals surface area contributed by atoms with E-state index in [2.05, 4.69) is 10.3 Å². The van der Waals surface area contributed by atoms with E-state index >= 15 is 0 Å². The molecule has 1 amide bonds. The van der Waals surface area contributed by atoms with Gasteiger partial charge in [-0.15, -0.1) is 22.7 Å². The van der Waals surface area contributed by atoms with Crippen LogP contribution >= 0.6 is 34.3 Å². The minimum Gasteiger partial charge on any atom is -0.497 e. The fourth-order valence-corrected chi connectivity index (χ4v) is 6.71. The summed E-state index contributed by atoms with van der Waals surface area (Å²) in [7, 11) is -2.28. The van der Waals surface area contributed by atoms with Crippen LogP contribution in [-0.4, -0.2) is 43.3 Å². The quantitative estimate of drug-likeness (QED) is 0.563. The SMILES string of the molecule is COc1ccc(S(=O)(=O)N2CCCC2C(=O)Nc2nc(-c3ccc(Cl)s3)cs2)cc1. The van der Waals surface area contributed by atoms with Crippen LogP contribution in [-0.2, 0) is 14.8 Å². The van der Waals surface area contributed by atoms with Crippen molar-refractivity contribution in [3.8, 4) is 16.3 Å². The number of carbonyl (C=O) groups is 1. The second kappa shape index (κ2) is 8.64. The van der Waals surface area contributed by atoms with E-state index in [1.807, 2.05) is 11.4 Å². The van der Waals surface area contributed by atoms with Crippen molar-refractivity contribution in [3.05, 3.63) is 46.1 Å². The van der Waals surface area contributed by atoms with Gasteiger partial charge in [0.1, 0.15) is 11.8 Å². The number of halogens is 1. The Kier molecular flexibility index (Phi) is 6.12. The summed E-state index contributed by atoms with van der Waals surface area (Å²) in [4.78, 5) is 18.3. The Hall–Kier alpha value is -1.98. The zero-order valence-electron chi connectivity index (χ0n) is 15.9. The molecule has 0 bridgehead atoms. The maximum atomic E-state index is 13.1. The van der Waals surface area contributed by atoms with Crippen LogP contribution in [0.2, 0.25) is 4.34 Å². The molecule has 0 saturated carbocycles. The van der Waals surface area contributed by atoms with Crippen LogP contribution in [0.25, 0.3) is 10.6 Å². The first-order valence-electron chi connectivity index (χ1n) is 9.06. The molecule has 2 aromatic heterocycles. The fourth-order valence-electron chi connectivity index (χ4n) is 3.26. The van der Waals surface area contributed by atoms with Gasteiger partial charge in [0, 0.05) is 11.9 Å². The first kappa shape index (κ1) is 21.3. The second-order valence-electron chi connectivity index (χ2n) is 6.58. The molecule has 1 saturated heterocycles. The minimum atomic E-state index is -3.80. The molecule has 0 radical (unpaired) electrons. The van der Waals surface area contributed by atoms with Crippen molar-refractivity contribution in [1.29, 1.82) is 0 Å². The third kappa shape index (κ3) is 4.23. The third-order valence-corrected chi connectivity index (χ3v) is 8.67. The number of thiophene rings is 1. The molecule has 1 fully saturated rings. The van der Waals surface area contributed by atoms with E-state index in [0.717, 1.165) is 10.6 Å². The molecule has 7 nitrogen and oxygen atoms in total. The molecule has 1 atom stereocenters. The molecule has 1 aliphatic rings. The highest BCUT2D eigenvalue weighted by molar-refractivity contribution is 7.89. The molecule has 0 aliphatic carbocycles. The molecule has 158 valence electrons. The number of ether oxygens (including phenoxy) is 1. The highest BCUT2D eigenvalue weighted by atomic mass is 35.5. The Labute approximate surface area is 187 Å². The van der Waals surface area contributed by atoms with Crippen LogP contribution in [0.4, 0.5) is 5.13 Å². The Morgan fingerprint density at radius 2 is 2.03 bits per heavy atom. The van der Waals surface area contributed by atoms with Crippen LogP contribution in [0.1, 0.15) is 12.8 Å². The van der Waals surface area contributed by atoms with Gasteiger partial charge < -0.3 is 10.1 Å². The lowest BCUT2D eigenvalue weighted by Crippen LogP contribution is -2.43. The molecule has 0 spiro atoms. The average molecular weight is 484 g/mol. The zero-order valence-corrected chi connectivity index (χ0v) is 19.1. The predicted octanol–water partition coefficient (Wildman–Crippen LogP) is 4.33. The molecule has 1 N–H and O–H groups in total. The third-order valence-electron chi connectivity index (χ3n) is 4.73. The van der Waals surface area contributed by atoms with Crippen LogP contribution in [0.5, 0.6) is 5.75 Å². The Morgan fingerprint density at radius 3 is 2.70 bits per heavy atom. The molecule has 4 rings (SSSR count). The first-order chi connectivity index (χ1) is 14.4. The van der Waals surface area contributed by atoms with Gasteiger partial charge in [-0.25, -0.2) is 13.4 Å². The summed E-state index contributed by atoms with van der Waals surface area (Å²) >= 11 is 8.66. The van der Waals surface area contributed by atoms with Gasteiger partial charge in [0.15, 0.2) is 5.13 Å². The largest absolute Gasteiger partial charge is 0.497 e. The molecule has 1 unspecified atom stereocenters. The number of nitrogens with one attached hydrogen (secondary N) is 1. The second-order valence-corrected chi connectivity index (χ2v) is 11.0. The number of nitrogens with zero attached hydrogens (tertiary/aromatic N) is 2. The number of hydrogen-bond acceptors (Lipinski definition) is 7. The summed E-state index contributed by atoms with van der Waals surface area (Å²) in [5.41, 5.74) is 0.723. The minimum absolute atomic E-state index is 0.133. The summed E-state index contributed by atoms with van der Waals surface area (Å²) in [6, 6.07) is 9.04. The lowest BCUT2D eigenvalue weighted by Gasteiger charge is -2.23. The summed E-state index contributed by atoms with van der Waals surface area (Å²) in [5.74, 6) is 0.186. The van der Waals surface area contributed by atoms with E-state index in [4.69, 9.17) is 16.3 Å². The van der Waals surface area contributed by atoms with Crippen LogP contribution in [0.15, 0.2) is 46.7 Å². The van der Waals surface area contributed by atoms with Crippen molar-refractivity contribution in [3.63, 3.8) is 0 Å². The van der Waals surface area contributed by atoms with Gasteiger partial charge in [-0.1, -0.05) is 11.6 Å². The average Bonchev–Trinajstić information content (AvgIpc) is 3.48. The van der Waals surface area contributed by atoms with Gasteiger partial charge >= 0.3 is 0 Å². The number of methoxy groups -OCH3 is 1. The monoisotopic (exact) mass is 483 g/mol. The van der Waals surface area contributed by atoms with E-state index in [1.165, 1.54) is 46.2 Å². The van der Waals surface area contributed by atoms with Crippen LogP contribution in [0.3, 0.4) is 0 Å². The number of carbonyl (C=O) groups excluding carboxylic acids is 1. The highest BCUT2D eigenvalue weighted by Crippen LogP contribution is 2.33. The summed E-state index contributed by atoms with van der Waals surface area (Å²) in [6.45, 7) is 0.295. The number of sulfonamides is 1. The van der Waals surface area contributed by atoms with E-state index in [1.54, 1.807) is 18.2 Å². The zero-order chi connectivity index (χ0) is 21.3. The van der Waals surface area contributed by atoms with Gasteiger partial charge in [0.25, 0.3) is 0 Å². The van der Waals surface area contributed by atoms with Gasteiger partial charge in [0.05, 0.1) is 26.9 Å². The number of thiazole rings is 1. The summed E-state index contributed by atoms with van der Waals surface area (Å²) in [5, 5.41) is 5.02. The predicted molar refractivity (Wildman–Crippen MR) is 119 cm³/mol.